The van der Waals surface area contributed by atoms with E-state index in [1.807, 2.05) is 30.4 Å². The van der Waals surface area contributed by atoms with Crippen molar-refractivity contribution in [2.75, 3.05) is 0 Å². The molecule has 4 unspecified atom stereocenters. The molecule has 1 aliphatic carbocycles. The van der Waals surface area contributed by atoms with Crippen LogP contribution in [-0.4, -0.2) is 28.1 Å². The number of ketones is 1. The summed E-state index contributed by atoms with van der Waals surface area (Å²) in [5.41, 5.74) is 0. The Kier molecular flexibility index (Phi) is 11.6. The molecule has 4 atom stereocenters. The number of unbranched alkanes of at least 4 members (excludes halogenated alkanes) is 3. The van der Waals surface area contributed by atoms with Gasteiger partial charge in [0.2, 0.25) is 0 Å². The maximum absolute atomic E-state index is 12.6. The van der Waals surface area contributed by atoms with Crippen LogP contribution in [0.2, 0.25) is 0 Å². The highest BCUT2D eigenvalue weighted by atomic mass is 16.4. The van der Waals surface area contributed by atoms with Gasteiger partial charge < -0.3 is 10.2 Å². The molecular formula is C23H32N2O4. The number of Topliss-reactive ketones (excluding diaryl/α,β-unsaturated/α-hetero) is 1. The van der Waals surface area contributed by atoms with E-state index in [0.717, 1.165) is 19.3 Å². The zero-order valence-electron chi connectivity index (χ0n) is 17.2. The van der Waals surface area contributed by atoms with Gasteiger partial charge in [0.05, 0.1) is 18.2 Å². The summed E-state index contributed by atoms with van der Waals surface area (Å²) in [4.78, 5) is 23.1. The van der Waals surface area contributed by atoms with Crippen molar-refractivity contribution in [3.8, 4) is 12.1 Å². The summed E-state index contributed by atoms with van der Waals surface area (Å²) in [7, 11) is 0. The summed E-state index contributed by atoms with van der Waals surface area (Å²) >= 11 is 0. The minimum atomic E-state index is -0.851. The molecule has 0 aromatic rings. The Labute approximate surface area is 173 Å². The molecule has 0 spiro atoms. The van der Waals surface area contributed by atoms with Gasteiger partial charge in [-0.3, -0.25) is 9.59 Å². The van der Waals surface area contributed by atoms with Crippen LogP contribution in [0.1, 0.15) is 64.7 Å². The van der Waals surface area contributed by atoms with Gasteiger partial charge in [-0.05, 0) is 31.6 Å². The zero-order chi connectivity index (χ0) is 21.6. The van der Waals surface area contributed by atoms with Gasteiger partial charge in [0.25, 0.3) is 0 Å². The van der Waals surface area contributed by atoms with Gasteiger partial charge in [-0.1, -0.05) is 50.5 Å². The molecule has 1 fully saturated rings. The first-order valence-electron chi connectivity index (χ1n) is 10.5. The van der Waals surface area contributed by atoms with Crippen LogP contribution in [0.5, 0.6) is 0 Å². The fourth-order valence-electron chi connectivity index (χ4n) is 3.85. The number of carbonyl (C=O) groups is 2. The second-order valence-electron chi connectivity index (χ2n) is 7.70. The van der Waals surface area contributed by atoms with Crippen LogP contribution >= 0.6 is 0 Å². The van der Waals surface area contributed by atoms with Crippen LogP contribution in [0, 0.1) is 46.3 Å². The van der Waals surface area contributed by atoms with Crippen LogP contribution in [0.4, 0.5) is 0 Å². The lowest BCUT2D eigenvalue weighted by Crippen LogP contribution is -2.20. The van der Waals surface area contributed by atoms with E-state index in [2.05, 4.69) is 6.92 Å². The normalized spacial score (nSPS) is 22.9. The summed E-state index contributed by atoms with van der Waals surface area (Å²) in [6, 6.07) is 4.01. The molecule has 0 radical (unpaired) electrons. The lowest BCUT2D eigenvalue weighted by atomic mass is 9.80. The smallest absolute Gasteiger partial charge is 0.303 e. The van der Waals surface area contributed by atoms with E-state index in [1.165, 1.54) is 0 Å². The number of carboxylic acid groups (broad SMARTS) is 1. The molecule has 1 saturated carbocycles. The van der Waals surface area contributed by atoms with Crippen LogP contribution in [0.3, 0.4) is 0 Å². The minimum Gasteiger partial charge on any atom is -0.481 e. The van der Waals surface area contributed by atoms with Crippen molar-refractivity contribution in [1.29, 1.82) is 10.5 Å². The third-order valence-corrected chi connectivity index (χ3v) is 5.49. The molecule has 0 amide bonds. The van der Waals surface area contributed by atoms with E-state index in [9.17, 15) is 25.2 Å². The number of aliphatic hydroxyl groups is 1. The predicted molar refractivity (Wildman–Crippen MR) is 109 cm³/mol. The molecule has 6 nitrogen and oxygen atoms in total. The van der Waals surface area contributed by atoms with Crippen molar-refractivity contribution in [2.45, 2.75) is 70.8 Å². The summed E-state index contributed by atoms with van der Waals surface area (Å²) < 4.78 is 0. The number of hydrogen-bond acceptors (Lipinski definition) is 5. The maximum atomic E-state index is 12.6. The Morgan fingerprint density at radius 2 is 1.97 bits per heavy atom. The fourth-order valence-corrected chi connectivity index (χ4v) is 3.85. The van der Waals surface area contributed by atoms with Gasteiger partial charge in [-0.25, -0.2) is 0 Å². The topological polar surface area (TPSA) is 122 Å². The van der Waals surface area contributed by atoms with Crippen LogP contribution in [-0.2, 0) is 9.59 Å². The maximum Gasteiger partial charge on any atom is 0.303 e. The predicted octanol–water partition coefficient (Wildman–Crippen LogP) is 4.17. The molecule has 0 bridgehead atoms. The second-order valence-corrected chi connectivity index (χ2v) is 7.70. The summed E-state index contributed by atoms with van der Waals surface area (Å²) in [5.74, 6) is -2.57. The van der Waals surface area contributed by atoms with Crippen molar-refractivity contribution in [2.24, 2.45) is 23.7 Å². The number of carbonyl (C=O) groups excluding carboxylic acids is 1. The first-order valence-corrected chi connectivity index (χ1v) is 10.5. The quantitative estimate of drug-likeness (QED) is 0.353. The van der Waals surface area contributed by atoms with Crippen LogP contribution in [0.15, 0.2) is 24.3 Å². The lowest BCUT2D eigenvalue weighted by Gasteiger charge is -2.21. The van der Waals surface area contributed by atoms with Crippen molar-refractivity contribution in [1.82, 2.24) is 0 Å². The van der Waals surface area contributed by atoms with Gasteiger partial charge in [0.1, 0.15) is 11.7 Å². The van der Waals surface area contributed by atoms with Crippen LogP contribution < -0.4 is 0 Å². The third-order valence-electron chi connectivity index (χ3n) is 5.49. The molecule has 0 heterocycles. The lowest BCUT2D eigenvalue weighted by molar-refractivity contribution is -0.137. The number of rotatable bonds is 13. The highest BCUT2D eigenvalue weighted by molar-refractivity contribution is 5.84. The minimum absolute atomic E-state index is 0.0378. The van der Waals surface area contributed by atoms with E-state index < -0.39 is 18.0 Å². The Morgan fingerprint density at radius 3 is 2.59 bits per heavy atom. The molecular weight excluding hydrogens is 368 g/mol. The van der Waals surface area contributed by atoms with Gasteiger partial charge in [-0.2, -0.15) is 10.5 Å². The van der Waals surface area contributed by atoms with E-state index in [-0.39, 0.29) is 36.4 Å². The first-order chi connectivity index (χ1) is 13.9. The third kappa shape index (κ3) is 8.62. The standard InChI is InChI=1S/C23H32N2O4/c1-2-3-6-9-18(26)12-13-19-20(10-7-4-5-8-11-23(28)29)22(27)14-21(19)17(15-24)16-25/h4,7,12-13,17-21,26H,2-3,5-6,8-11,14H2,1H3,(H,28,29). The van der Waals surface area contributed by atoms with E-state index in [0.29, 0.717) is 25.7 Å². The number of aliphatic carboxylic acids is 1. The number of nitriles is 2. The largest absolute Gasteiger partial charge is 0.481 e. The number of hydrogen-bond donors (Lipinski definition) is 2. The number of allylic oxidation sites excluding steroid dienone is 3. The number of carboxylic acids is 1. The highest BCUT2D eigenvalue weighted by Gasteiger charge is 2.44. The molecule has 0 aromatic heterocycles. The molecule has 0 saturated heterocycles. The average Bonchev–Trinajstić information content (AvgIpc) is 2.99. The Balaban J connectivity index is 2.81. The Morgan fingerprint density at radius 1 is 1.24 bits per heavy atom. The molecule has 1 rings (SSSR count). The zero-order valence-corrected chi connectivity index (χ0v) is 17.2. The summed E-state index contributed by atoms with van der Waals surface area (Å²) in [6.45, 7) is 2.10. The average molecular weight is 401 g/mol. The fraction of sp³-hybridized carbons (Fsp3) is 0.652. The Hall–Kier alpha value is -2.44. The highest BCUT2D eigenvalue weighted by Crippen LogP contribution is 2.41. The first kappa shape index (κ1) is 24.6. The summed E-state index contributed by atoms with van der Waals surface area (Å²) in [6.07, 6.45) is 12.4. The van der Waals surface area contributed by atoms with Crippen molar-refractivity contribution in [3.05, 3.63) is 24.3 Å². The van der Waals surface area contributed by atoms with Crippen molar-refractivity contribution < 1.29 is 19.8 Å². The molecule has 6 heteroatoms. The molecule has 0 aromatic carbocycles. The molecule has 158 valence electrons. The SMILES string of the molecule is CCCCCC(O)C=CC1C(CC=CCCCC(=O)O)C(=O)CC1C(C#N)C#N. The van der Waals surface area contributed by atoms with Gasteiger partial charge >= 0.3 is 5.97 Å². The Bertz CT molecular complexity index is 657. The van der Waals surface area contributed by atoms with Gasteiger partial charge in [-0.15, -0.1) is 0 Å². The summed E-state index contributed by atoms with van der Waals surface area (Å²) in [5, 5.41) is 37.4. The van der Waals surface area contributed by atoms with Crippen molar-refractivity contribution >= 4 is 11.8 Å². The monoisotopic (exact) mass is 400 g/mol. The van der Waals surface area contributed by atoms with Gasteiger partial charge in [0, 0.05) is 24.7 Å². The van der Waals surface area contributed by atoms with Crippen molar-refractivity contribution in [3.63, 3.8) is 0 Å². The van der Waals surface area contributed by atoms with E-state index in [4.69, 9.17) is 5.11 Å². The van der Waals surface area contributed by atoms with Gasteiger partial charge in [0.15, 0.2) is 0 Å². The second kappa shape index (κ2) is 13.7. The molecule has 2 N–H and O–H groups in total. The molecule has 29 heavy (non-hydrogen) atoms. The number of aliphatic hydroxyl groups excluding tert-OH is 1. The molecule has 1 aliphatic rings. The molecule has 0 aliphatic heterocycles. The van der Waals surface area contributed by atoms with E-state index in [1.54, 1.807) is 6.08 Å². The van der Waals surface area contributed by atoms with E-state index >= 15 is 0 Å². The number of nitrogens with zero attached hydrogens (tertiary/aromatic N) is 2. The van der Waals surface area contributed by atoms with Crippen LogP contribution in [0.25, 0.3) is 0 Å².